The second kappa shape index (κ2) is 5.09. The van der Waals surface area contributed by atoms with Crippen molar-refractivity contribution in [2.75, 3.05) is 6.54 Å². The van der Waals surface area contributed by atoms with Crippen molar-refractivity contribution in [2.24, 2.45) is 0 Å². The summed E-state index contributed by atoms with van der Waals surface area (Å²) in [6.07, 6.45) is 0. The quantitative estimate of drug-likeness (QED) is 0.729. The van der Waals surface area contributed by atoms with E-state index in [1.54, 1.807) is 29.2 Å². The highest BCUT2D eigenvalue weighted by Crippen LogP contribution is 2.37. The van der Waals surface area contributed by atoms with E-state index < -0.39 is 0 Å². The number of hydrogen-bond donors (Lipinski definition) is 0. The first-order valence-electron chi connectivity index (χ1n) is 7.64. The number of carbonyl (C=O) groups is 1. The number of amides is 1. The van der Waals surface area contributed by atoms with Crippen LogP contribution in [-0.2, 0) is 0 Å². The molecule has 0 saturated heterocycles. The summed E-state index contributed by atoms with van der Waals surface area (Å²) in [4.78, 5) is 27.4. The van der Waals surface area contributed by atoms with E-state index in [0.717, 1.165) is 5.56 Å². The van der Waals surface area contributed by atoms with Gasteiger partial charge < -0.3 is 9.32 Å². The molecule has 4 rings (SSSR count). The highest BCUT2D eigenvalue weighted by atomic mass is 16.3. The first-order valence-corrected chi connectivity index (χ1v) is 7.64. The fourth-order valence-electron chi connectivity index (χ4n) is 3.28. The Hall–Kier alpha value is -2.88. The first-order chi connectivity index (χ1) is 11.2. The van der Waals surface area contributed by atoms with Gasteiger partial charge in [-0.1, -0.05) is 42.5 Å². The van der Waals surface area contributed by atoms with Crippen LogP contribution < -0.4 is 5.43 Å². The van der Waals surface area contributed by atoms with Gasteiger partial charge >= 0.3 is 0 Å². The number of hydrogen-bond acceptors (Lipinski definition) is 3. The van der Waals surface area contributed by atoms with Crippen molar-refractivity contribution in [3.05, 3.63) is 81.7 Å². The van der Waals surface area contributed by atoms with E-state index in [0.29, 0.717) is 23.1 Å². The van der Waals surface area contributed by atoms with Gasteiger partial charge in [-0.2, -0.15) is 0 Å². The summed E-state index contributed by atoms with van der Waals surface area (Å²) in [5.41, 5.74) is 1.69. The van der Waals surface area contributed by atoms with E-state index in [4.69, 9.17) is 4.42 Å². The maximum Gasteiger partial charge on any atom is 0.290 e. The van der Waals surface area contributed by atoms with Gasteiger partial charge in [-0.15, -0.1) is 0 Å². The Morgan fingerprint density at radius 1 is 1.00 bits per heavy atom. The second-order valence-corrected chi connectivity index (χ2v) is 5.57. The molecule has 4 nitrogen and oxygen atoms in total. The molecule has 1 amide bonds. The monoisotopic (exact) mass is 305 g/mol. The number of benzene rings is 2. The van der Waals surface area contributed by atoms with E-state index in [9.17, 15) is 9.59 Å². The van der Waals surface area contributed by atoms with Crippen molar-refractivity contribution in [3.63, 3.8) is 0 Å². The topological polar surface area (TPSA) is 50.5 Å². The van der Waals surface area contributed by atoms with Crippen LogP contribution in [0.5, 0.6) is 0 Å². The molecule has 0 radical (unpaired) electrons. The zero-order valence-electron chi connectivity index (χ0n) is 12.7. The van der Waals surface area contributed by atoms with E-state index in [1.807, 2.05) is 37.3 Å². The molecular weight excluding hydrogens is 290 g/mol. The molecule has 3 aromatic rings. The predicted octanol–water partition coefficient (Wildman–Crippen LogP) is 3.36. The Labute approximate surface area is 133 Å². The number of rotatable bonds is 2. The zero-order valence-corrected chi connectivity index (χ0v) is 12.7. The average Bonchev–Trinajstić information content (AvgIpc) is 2.88. The summed E-state index contributed by atoms with van der Waals surface area (Å²) in [5.74, 6) is -0.0522. The average molecular weight is 305 g/mol. The number of carbonyl (C=O) groups excluding carboxylic acids is 1. The molecule has 2 aromatic carbocycles. The summed E-state index contributed by atoms with van der Waals surface area (Å²) in [5, 5.41) is 0.512. The lowest BCUT2D eigenvalue weighted by atomic mass is 9.99. The molecule has 0 saturated carbocycles. The van der Waals surface area contributed by atoms with E-state index in [2.05, 4.69) is 0 Å². The maximum absolute atomic E-state index is 13.0. The summed E-state index contributed by atoms with van der Waals surface area (Å²) in [6, 6.07) is 16.3. The molecule has 1 aliphatic heterocycles. The molecule has 0 fully saturated rings. The van der Waals surface area contributed by atoms with Crippen molar-refractivity contribution in [3.8, 4) is 0 Å². The van der Waals surface area contributed by atoms with Gasteiger partial charge in [-0.05, 0) is 24.6 Å². The van der Waals surface area contributed by atoms with Crippen LogP contribution in [0.2, 0.25) is 0 Å². The first kappa shape index (κ1) is 13.8. The van der Waals surface area contributed by atoms with Crippen molar-refractivity contribution in [1.82, 2.24) is 4.90 Å². The molecule has 0 aliphatic carbocycles. The third-order valence-electron chi connectivity index (χ3n) is 4.33. The third-order valence-corrected chi connectivity index (χ3v) is 4.33. The normalized spacial score (nSPS) is 16.8. The summed E-state index contributed by atoms with van der Waals surface area (Å²) in [6.45, 7) is 2.42. The Kier molecular flexibility index (Phi) is 3.05. The molecule has 4 heteroatoms. The van der Waals surface area contributed by atoms with Gasteiger partial charge in [-0.25, -0.2) is 0 Å². The Morgan fingerprint density at radius 2 is 1.70 bits per heavy atom. The minimum absolute atomic E-state index is 0.125. The van der Waals surface area contributed by atoms with E-state index in [1.165, 1.54) is 0 Å². The highest BCUT2D eigenvalue weighted by Gasteiger charge is 2.41. The minimum Gasteiger partial charge on any atom is -0.450 e. The Bertz CT molecular complexity index is 959. The lowest BCUT2D eigenvalue weighted by Gasteiger charge is -2.23. The van der Waals surface area contributed by atoms with Gasteiger partial charge in [0.1, 0.15) is 5.58 Å². The number of fused-ring (bicyclic) bond motifs is 2. The van der Waals surface area contributed by atoms with Crippen LogP contribution in [0.1, 0.15) is 34.6 Å². The van der Waals surface area contributed by atoms with Crippen LogP contribution in [0.15, 0.2) is 63.8 Å². The SMILES string of the molecule is CCN1C(=O)c2oc3ccccc3c(=O)c2[C@@H]1c1ccccc1. The van der Waals surface area contributed by atoms with Crippen molar-refractivity contribution >= 4 is 16.9 Å². The van der Waals surface area contributed by atoms with Crippen LogP contribution in [-0.4, -0.2) is 17.4 Å². The lowest BCUT2D eigenvalue weighted by molar-refractivity contribution is 0.0738. The molecule has 0 unspecified atom stereocenters. The fourth-order valence-corrected chi connectivity index (χ4v) is 3.28. The molecule has 1 atom stereocenters. The van der Waals surface area contributed by atoms with Gasteiger partial charge in [0.05, 0.1) is 17.0 Å². The molecule has 1 aliphatic rings. The number of nitrogens with zero attached hydrogens (tertiary/aromatic N) is 1. The van der Waals surface area contributed by atoms with Crippen molar-refractivity contribution in [1.29, 1.82) is 0 Å². The van der Waals surface area contributed by atoms with Crippen LogP contribution in [0, 0.1) is 0 Å². The van der Waals surface area contributed by atoms with Gasteiger partial charge in [0.25, 0.3) is 5.91 Å². The van der Waals surface area contributed by atoms with Crippen LogP contribution in [0.4, 0.5) is 0 Å². The standard InChI is InChI=1S/C19H15NO3/c1-2-20-16(12-8-4-3-5-9-12)15-17(21)13-10-6-7-11-14(13)23-18(15)19(20)22/h3-11,16H,2H2,1H3/t16-/m0/s1. The molecule has 1 aromatic heterocycles. The maximum atomic E-state index is 13.0. The van der Waals surface area contributed by atoms with Crippen LogP contribution in [0.3, 0.4) is 0 Å². The van der Waals surface area contributed by atoms with Gasteiger partial charge in [-0.3, -0.25) is 9.59 Å². The van der Waals surface area contributed by atoms with E-state index in [-0.39, 0.29) is 23.1 Å². The molecule has 0 bridgehead atoms. The van der Waals surface area contributed by atoms with Crippen LogP contribution in [0.25, 0.3) is 11.0 Å². The van der Waals surface area contributed by atoms with Crippen LogP contribution >= 0.6 is 0 Å². The molecule has 23 heavy (non-hydrogen) atoms. The molecular formula is C19H15NO3. The van der Waals surface area contributed by atoms with E-state index >= 15 is 0 Å². The lowest BCUT2D eigenvalue weighted by Crippen LogP contribution is -2.29. The molecule has 114 valence electrons. The predicted molar refractivity (Wildman–Crippen MR) is 87.5 cm³/mol. The minimum atomic E-state index is -0.385. The Balaban J connectivity index is 2.06. The zero-order chi connectivity index (χ0) is 16.0. The van der Waals surface area contributed by atoms with Crippen molar-refractivity contribution in [2.45, 2.75) is 13.0 Å². The summed E-state index contributed by atoms with van der Waals surface area (Å²) >= 11 is 0. The number of para-hydroxylation sites is 1. The summed E-state index contributed by atoms with van der Waals surface area (Å²) < 4.78 is 5.79. The highest BCUT2D eigenvalue weighted by molar-refractivity contribution is 5.99. The van der Waals surface area contributed by atoms with Gasteiger partial charge in [0, 0.05) is 6.54 Å². The third kappa shape index (κ3) is 1.91. The molecule has 0 spiro atoms. The Morgan fingerprint density at radius 3 is 2.43 bits per heavy atom. The molecule has 0 N–H and O–H groups in total. The molecule has 2 heterocycles. The smallest absolute Gasteiger partial charge is 0.290 e. The summed E-state index contributed by atoms with van der Waals surface area (Å²) in [7, 11) is 0. The van der Waals surface area contributed by atoms with Gasteiger partial charge in [0.2, 0.25) is 5.76 Å². The van der Waals surface area contributed by atoms with Gasteiger partial charge in [0.15, 0.2) is 5.43 Å². The second-order valence-electron chi connectivity index (χ2n) is 5.57. The largest absolute Gasteiger partial charge is 0.450 e. The van der Waals surface area contributed by atoms with Crippen molar-refractivity contribution < 1.29 is 9.21 Å². The fraction of sp³-hybridized carbons (Fsp3) is 0.158.